The third kappa shape index (κ3) is 5.26. The van der Waals surface area contributed by atoms with E-state index in [1.807, 2.05) is 0 Å². The van der Waals surface area contributed by atoms with E-state index in [0.717, 1.165) is 24.5 Å². The molecule has 2 heterocycles. The highest BCUT2D eigenvalue weighted by Crippen LogP contribution is 2.35. The van der Waals surface area contributed by atoms with Crippen molar-refractivity contribution >= 4 is 65.2 Å². The molecule has 14 heteroatoms. The predicted octanol–water partition coefficient (Wildman–Crippen LogP) is 4.58. The standard InChI is InChI=1S/C25H20BrClF2N6O3S/c1-34-22-20(6-5-17(27)21(22)23(32-34)33-39(2,37)38)35-24(18(30)9-12-7-14(28)11-15(29)8-12)31-19-10-13(26)3-4-16(19)25(35)36/h3-8,10-11,18H,9,30H2,1-2H3,(H,32,33). The molecule has 0 spiro atoms. The molecule has 39 heavy (non-hydrogen) atoms. The van der Waals surface area contributed by atoms with Crippen LogP contribution in [0.25, 0.3) is 27.5 Å². The van der Waals surface area contributed by atoms with Crippen LogP contribution in [0.3, 0.4) is 0 Å². The highest BCUT2D eigenvalue weighted by atomic mass is 79.9. The number of hydrogen-bond donors (Lipinski definition) is 2. The molecular weight excluding hydrogens is 618 g/mol. The maximum Gasteiger partial charge on any atom is 0.266 e. The van der Waals surface area contributed by atoms with Gasteiger partial charge < -0.3 is 5.73 Å². The van der Waals surface area contributed by atoms with E-state index in [2.05, 4.69) is 30.7 Å². The summed E-state index contributed by atoms with van der Waals surface area (Å²) in [6.45, 7) is 0. The summed E-state index contributed by atoms with van der Waals surface area (Å²) in [7, 11) is -2.13. The van der Waals surface area contributed by atoms with Gasteiger partial charge in [-0.2, -0.15) is 5.10 Å². The van der Waals surface area contributed by atoms with Gasteiger partial charge in [0.25, 0.3) is 5.56 Å². The molecule has 0 saturated carbocycles. The van der Waals surface area contributed by atoms with Crippen LogP contribution in [-0.2, 0) is 23.5 Å². The minimum atomic E-state index is -3.70. The fraction of sp³-hybridized carbons (Fsp3) is 0.160. The zero-order chi connectivity index (χ0) is 28.2. The minimum Gasteiger partial charge on any atom is -0.321 e. The molecule has 0 bridgehead atoms. The zero-order valence-corrected chi connectivity index (χ0v) is 23.6. The van der Waals surface area contributed by atoms with Gasteiger partial charge in [-0.05, 0) is 54.4 Å². The number of fused-ring (bicyclic) bond motifs is 2. The van der Waals surface area contributed by atoms with Crippen LogP contribution in [0.5, 0.6) is 0 Å². The van der Waals surface area contributed by atoms with Crippen LogP contribution in [0.15, 0.2) is 57.8 Å². The van der Waals surface area contributed by atoms with E-state index >= 15 is 0 Å². The maximum atomic E-state index is 14.0. The van der Waals surface area contributed by atoms with Gasteiger partial charge in [0.05, 0.1) is 44.8 Å². The fourth-order valence-electron chi connectivity index (χ4n) is 4.52. The Morgan fingerprint density at radius 1 is 1.13 bits per heavy atom. The summed E-state index contributed by atoms with van der Waals surface area (Å²) in [6, 6.07) is 10.1. The minimum absolute atomic E-state index is 0.0198. The van der Waals surface area contributed by atoms with Gasteiger partial charge in [0.1, 0.15) is 17.5 Å². The average Bonchev–Trinajstić information content (AvgIpc) is 3.14. The number of nitrogens with one attached hydrogen (secondary N) is 1. The van der Waals surface area contributed by atoms with E-state index in [0.29, 0.717) is 15.5 Å². The van der Waals surface area contributed by atoms with Crippen molar-refractivity contribution in [1.29, 1.82) is 0 Å². The van der Waals surface area contributed by atoms with E-state index in [1.54, 1.807) is 31.3 Å². The Balaban J connectivity index is 1.81. The van der Waals surface area contributed by atoms with Crippen molar-refractivity contribution in [2.75, 3.05) is 11.0 Å². The maximum absolute atomic E-state index is 14.0. The van der Waals surface area contributed by atoms with E-state index in [9.17, 15) is 22.0 Å². The molecule has 0 amide bonds. The summed E-state index contributed by atoms with van der Waals surface area (Å²) in [6.07, 6.45) is 0.942. The van der Waals surface area contributed by atoms with E-state index < -0.39 is 33.3 Å². The molecule has 0 aliphatic carbocycles. The number of rotatable bonds is 6. The fourth-order valence-corrected chi connectivity index (χ4v) is 5.60. The molecule has 5 rings (SSSR count). The molecule has 9 nitrogen and oxygen atoms in total. The molecule has 3 aromatic carbocycles. The molecule has 5 aromatic rings. The molecule has 202 valence electrons. The lowest BCUT2D eigenvalue weighted by atomic mass is 10.0. The van der Waals surface area contributed by atoms with Crippen LogP contribution >= 0.6 is 27.5 Å². The average molecular weight is 638 g/mol. The summed E-state index contributed by atoms with van der Waals surface area (Å²) in [5.41, 5.74) is 7.32. The highest BCUT2D eigenvalue weighted by Gasteiger charge is 2.24. The van der Waals surface area contributed by atoms with Gasteiger partial charge in [0, 0.05) is 17.6 Å². The topological polar surface area (TPSA) is 125 Å². The Bertz CT molecular complexity index is 1940. The summed E-state index contributed by atoms with van der Waals surface area (Å²) < 4.78 is 57.4. The van der Waals surface area contributed by atoms with Gasteiger partial charge in [0.15, 0.2) is 5.82 Å². The number of nitrogens with zero attached hydrogens (tertiary/aromatic N) is 4. The second kappa shape index (κ2) is 9.97. The molecule has 3 N–H and O–H groups in total. The number of sulfonamides is 1. The van der Waals surface area contributed by atoms with E-state index in [4.69, 9.17) is 17.3 Å². The van der Waals surface area contributed by atoms with Crippen LogP contribution in [0.1, 0.15) is 17.4 Å². The molecule has 1 atom stereocenters. The van der Waals surface area contributed by atoms with Gasteiger partial charge in [-0.3, -0.25) is 18.8 Å². The number of aryl methyl sites for hydroxylation is 1. The summed E-state index contributed by atoms with van der Waals surface area (Å²) in [5.74, 6) is -1.43. The van der Waals surface area contributed by atoms with Crippen LogP contribution in [0.2, 0.25) is 5.02 Å². The normalized spacial score (nSPS) is 12.8. The lowest BCUT2D eigenvalue weighted by molar-refractivity contribution is 0.572. The second-order valence-corrected chi connectivity index (χ2v) is 12.1. The SMILES string of the molecule is Cn1nc(NS(C)(=O)=O)c2c(Cl)ccc(-n3c(C(N)Cc4cc(F)cc(F)c4)nc4cc(Br)ccc4c3=O)c21. The Hall–Kier alpha value is -3.39. The Labute approximate surface area is 234 Å². The van der Waals surface area contributed by atoms with Crippen molar-refractivity contribution in [2.45, 2.75) is 12.5 Å². The zero-order valence-electron chi connectivity index (χ0n) is 20.4. The Kier molecular flexibility index (Phi) is 6.95. The first kappa shape index (κ1) is 27.2. The summed E-state index contributed by atoms with van der Waals surface area (Å²) >= 11 is 9.85. The summed E-state index contributed by atoms with van der Waals surface area (Å²) in [5, 5.41) is 5.01. The number of halogens is 4. The van der Waals surface area contributed by atoms with Gasteiger partial charge in [-0.1, -0.05) is 27.5 Å². The first-order chi connectivity index (χ1) is 18.3. The lowest BCUT2D eigenvalue weighted by Gasteiger charge is -2.20. The number of anilines is 1. The van der Waals surface area contributed by atoms with Gasteiger partial charge in [-0.15, -0.1) is 0 Å². The van der Waals surface area contributed by atoms with Crippen molar-refractivity contribution in [3.05, 3.63) is 91.4 Å². The van der Waals surface area contributed by atoms with Crippen molar-refractivity contribution < 1.29 is 17.2 Å². The summed E-state index contributed by atoms with van der Waals surface area (Å²) in [4.78, 5) is 18.6. The lowest BCUT2D eigenvalue weighted by Crippen LogP contribution is -2.30. The van der Waals surface area contributed by atoms with E-state index in [1.165, 1.54) is 15.3 Å². The molecule has 0 aliphatic heterocycles. The first-order valence-electron chi connectivity index (χ1n) is 11.4. The van der Waals surface area contributed by atoms with Gasteiger partial charge in [-0.25, -0.2) is 22.2 Å². The van der Waals surface area contributed by atoms with Gasteiger partial charge >= 0.3 is 0 Å². The van der Waals surface area contributed by atoms with Crippen molar-refractivity contribution in [3.8, 4) is 5.69 Å². The van der Waals surface area contributed by atoms with Crippen molar-refractivity contribution in [1.82, 2.24) is 19.3 Å². The predicted molar refractivity (Wildman–Crippen MR) is 150 cm³/mol. The number of aromatic nitrogens is 4. The third-order valence-corrected chi connectivity index (χ3v) is 7.38. The van der Waals surface area contributed by atoms with Gasteiger partial charge in [0.2, 0.25) is 10.0 Å². The monoisotopic (exact) mass is 636 g/mol. The van der Waals surface area contributed by atoms with Crippen LogP contribution < -0.4 is 16.0 Å². The molecule has 1 unspecified atom stereocenters. The number of benzene rings is 3. The number of hydrogen-bond acceptors (Lipinski definition) is 6. The molecule has 0 radical (unpaired) electrons. The third-order valence-electron chi connectivity index (χ3n) is 6.01. The first-order valence-corrected chi connectivity index (χ1v) is 14.4. The van der Waals surface area contributed by atoms with Crippen LogP contribution in [0.4, 0.5) is 14.6 Å². The molecule has 0 fully saturated rings. The molecular formula is C25H20BrClF2N6O3S. The molecule has 0 aliphatic rings. The second-order valence-electron chi connectivity index (χ2n) is 9.00. The van der Waals surface area contributed by atoms with E-state index in [-0.39, 0.29) is 45.1 Å². The smallest absolute Gasteiger partial charge is 0.266 e. The molecule has 0 saturated heterocycles. The highest BCUT2D eigenvalue weighted by molar-refractivity contribution is 9.10. The Morgan fingerprint density at radius 2 is 1.82 bits per heavy atom. The number of nitrogens with two attached hydrogens (primary N) is 1. The van der Waals surface area contributed by atoms with Crippen molar-refractivity contribution in [2.24, 2.45) is 12.8 Å². The van der Waals surface area contributed by atoms with Crippen molar-refractivity contribution in [3.63, 3.8) is 0 Å². The van der Waals surface area contributed by atoms with Crippen LogP contribution in [0, 0.1) is 11.6 Å². The van der Waals surface area contributed by atoms with Crippen LogP contribution in [-0.4, -0.2) is 34.0 Å². The quantitative estimate of drug-likeness (QED) is 0.281. The molecule has 2 aromatic heterocycles. The Morgan fingerprint density at radius 3 is 2.49 bits per heavy atom. The largest absolute Gasteiger partial charge is 0.321 e.